The normalized spacial score (nSPS) is 11.5. The van der Waals surface area contributed by atoms with Crippen molar-refractivity contribution in [2.45, 2.75) is 39.5 Å². The van der Waals surface area contributed by atoms with Crippen molar-refractivity contribution in [1.29, 1.82) is 0 Å². The number of hydrogen-bond acceptors (Lipinski definition) is 1. The Morgan fingerprint density at radius 2 is 1.95 bits per heavy atom. The Kier molecular flexibility index (Phi) is 3.24. The van der Waals surface area contributed by atoms with Crippen LogP contribution in [0.2, 0.25) is 0 Å². The predicted molar refractivity (Wildman–Crippen MR) is 81.6 cm³/mol. The summed E-state index contributed by atoms with van der Waals surface area (Å²) in [4.78, 5) is 8.22. The molecule has 0 fully saturated rings. The van der Waals surface area contributed by atoms with Gasteiger partial charge in [-0.25, -0.2) is 0 Å². The second kappa shape index (κ2) is 5.04. The first-order valence-corrected chi connectivity index (χ1v) is 7.16. The highest BCUT2D eigenvalue weighted by molar-refractivity contribution is 6.07. The van der Waals surface area contributed by atoms with Crippen LogP contribution >= 0.6 is 0 Å². The van der Waals surface area contributed by atoms with E-state index in [1.807, 2.05) is 0 Å². The number of hydrogen-bond donors (Lipinski definition) is 1. The van der Waals surface area contributed by atoms with Gasteiger partial charge in [0, 0.05) is 22.0 Å². The maximum Gasteiger partial charge on any atom is 0.0681 e. The summed E-state index contributed by atoms with van der Waals surface area (Å²) in [6.07, 6.45) is 4.86. The first kappa shape index (κ1) is 12.2. The van der Waals surface area contributed by atoms with Crippen LogP contribution in [0.4, 0.5) is 0 Å². The van der Waals surface area contributed by atoms with Crippen LogP contribution in [-0.2, 0) is 6.42 Å². The Bertz CT molecular complexity index is 710. The minimum atomic E-state index is 1.09. The highest BCUT2D eigenvalue weighted by Gasteiger charge is 2.08. The van der Waals surface area contributed by atoms with Gasteiger partial charge in [-0.3, -0.25) is 4.98 Å². The van der Waals surface area contributed by atoms with Crippen LogP contribution in [0.1, 0.15) is 37.6 Å². The van der Waals surface area contributed by atoms with Gasteiger partial charge in [-0.05, 0) is 31.9 Å². The van der Waals surface area contributed by atoms with Crippen molar-refractivity contribution in [3.05, 3.63) is 41.7 Å². The number of pyridine rings is 1. The molecule has 2 heteroatoms. The van der Waals surface area contributed by atoms with E-state index in [1.165, 1.54) is 46.8 Å². The first-order chi connectivity index (χ1) is 9.29. The molecule has 0 radical (unpaired) electrons. The number of H-pyrrole nitrogens is 1. The van der Waals surface area contributed by atoms with Gasteiger partial charge in [0.25, 0.3) is 0 Å². The number of rotatable bonds is 4. The minimum Gasteiger partial charge on any atom is -0.353 e. The standard InChI is InChI=1S/C17H20N2/c1-3-4-5-8-13-11-15-14-9-6-7-10-16(14)19-17(15)12(2)18-13/h6-7,9-11,19H,3-5,8H2,1-2H3. The molecule has 0 amide bonds. The summed E-state index contributed by atoms with van der Waals surface area (Å²) < 4.78 is 0. The van der Waals surface area contributed by atoms with E-state index in [0.29, 0.717) is 0 Å². The SMILES string of the molecule is CCCCCc1cc2c([nH]c3ccccc32)c(C)n1. The summed E-state index contributed by atoms with van der Waals surface area (Å²) in [5.41, 5.74) is 4.72. The maximum atomic E-state index is 4.74. The van der Waals surface area contributed by atoms with E-state index in [1.54, 1.807) is 0 Å². The second-order valence-corrected chi connectivity index (χ2v) is 5.25. The van der Waals surface area contributed by atoms with Crippen molar-refractivity contribution in [3.63, 3.8) is 0 Å². The molecule has 0 saturated carbocycles. The molecule has 2 nitrogen and oxygen atoms in total. The number of nitrogens with zero attached hydrogens (tertiary/aromatic N) is 1. The Morgan fingerprint density at radius 1 is 1.11 bits per heavy atom. The van der Waals surface area contributed by atoms with Crippen LogP contribution in [0, 0.1) is 6.92 Å². The van der Waals surface area contributed by atoms with Crippen molar-refractivity contribution in [3.8, 4) is 0 Å². The van der Waals surface area contributed by atoms with Crippen LogP contribution < -0.4 is 0 Å². The largest absolute Gasteiger partial charge is 0.353 e. The van der Waals surface area contributed by atoms with Gasteiger partial charge in [0.2, 0.25) is 0 Å². The molecule has 0 atom stereocenters. The summed E-state index contributed by atoms with van der Waals surface area (Å²) >= 11 is 0. The fourth-order valence-corrected chi connectivity index (χ4v) is 2.75. The molecule has 0 unspecified atom stereocenters. The smallest absolute Gasteiger partial charge is 0.0681 e. The number of para-hydroxylation sites is 1. The average molecular weight is 252 g/mol. The molecule has 2 aromatic heterocycles. The maximum absolute atomic E-state index is 4.74. The third-order valence-corrected chi connectivity index (χ3v) is 3.77. The molecule has 0 bridgehead atoms. The summed E-state index contributed by atoms with van der Waals surface area (Å²) in [6.45, 7) is 4.34. The predicted octanol–water partition coefficient (Wildman–Crippen LogP) is 4.76. The van der Waals surface area contributed by atoms with Crippen LogP contribution in [0.3, 0.4) is 0 Å². The van der Waals surface area contributed by atoms with Gasteiger partial charge in [0.15, 0.2) is 0 Å². The lowest BCUT2D eigenvalue weighted by atomic mass is 10.1. The summed E-state index contributed by atoms with van der Waals surface area (Å²) in [5.74, 6) is 0. The minimum absolute atomic E-state index is 1.09. The number of aromatic nitrogens is 2. The van der Waals surface area contributed by atoms with E-state index >= 15 is 0 Å². The number of fused-ring (bicyclic) bond motifs is 3. The van der Waals surface area contributed by atoms with E-state index in [2.05, 4.69) is 49.2 Å². The average Bonchev–Trinajstić information content (AvgIpc) is 2.79. The molecule has 98 valence electrons. The lowest BCUT2D eigenvalue weighted by Gasteiger charge is -2.03. The van der Waals surface area contributed by atoms with Gasteiger partial charge in [0.1, 0.15) is 0 Å². The third-order valence-electron chi connectivity index (χ3n) is 3.77. The molecule has 19 heavy (non-hydrogen) atoms. The summed E-state index contributed by atoms with van der Waals surface area (Å²) in [6, 6.07) is 10.7. The Morgan fingerprint density at radius 3 is 2.79 bits per heavy atom. The monoisotopic (exact) mass is 252 g/mol. The lowest BCUT2D eigenvalue weighted by molar-refractivity contribution is 0.707. The zero-order chi connectivity index (χ0) is 13.2. The zero-order valence-corrected chi connectivity index (χ0v) is 11.7. The van der Waals surface area contributed by atoms with Gasteiger partial charge >= 0.3 is 0 Å². The van der Waals surface area contributed by atoms with E-state index in [9.17, 15) is 0 Å². The van der Waals surface area contributed by atoms with Crippen molar-refractivity contribution >= 4 is 21.8 Å². The molecule has 1 aromatic carbocycles. The van der Waals surface area contributed by atoms with E-state index in [0.717, 1.165) is 12.1 Å². The molecule has 0 aliphatic heterocycles. The lowest BCUT2D eigenvalue weighted by Crippen LogP contribution is -1.93. The quantitative estimate of drug-likeness (QED) is 0.666. The van der Waals surface area contributed by atoms with E-state index in [-0.39, 0.29) is 0 Å². The zero-order valence-electron chi connectivity index (χ0n) is 11.7. The van der Waals surface area contributed by atoms with Crippen molar-refractivity contribution in [1.82, 2.24) is 9.97 Å². The third kappa shape index (κ3) is 2.23. The Balaban J connectivity index is 2.10. The molecule has 0 saturated heterocycles. The fourth-order valence-electron chi connectivity index (χ4n) is 2.75. The summed E-state index contributed by atoms with van der Waals surface area (Å²) in [5, 5.41) is 2.62. The molecular formula is C17H20N2. The fraction of sp³-hybridized carbons (Fsp3) is 0.353. The molecule has 0 spiro atoms. The molecule has 3 aromatic rings. The molecule has 3 rings (SSSR count). The van der Waals surface area contributed by atoms with Crippen molar-refractivity contribution < 1.29 is 0 Å². The number of benzene rings is 1. The van der Waals surface area contributed by atoms with E-state index < -0.39 is 0 Å². The van der Waals surface area contributed by atoms with Crippen molar-refractivity contribution in [2.24, 2.45) is 0 Å². The Hall–Kier alpha value is -1.83. The van der Waals surface area contributed by atoms with Crippen LogP contribution in [0.15, 0.2) is 30.3 Å². The van der Waals surface area contributed by atoms with Gasteiger partial charge < -0.3 is 4.98 Å². The van der Waals surface area contributed by atoms with Crippen LogP contribution in [0.25, 0.3) is 21.8 Å². The van der Waals surface area contributed by atoms with Crippen LogP contribution in [0.5, 0.6) is 0 Å². The number of aryl methyl sites for hydroxylation is 2. The van der Waals surface area contributed by atoms with Crippen molar-refractivity contribution in [2.75, 3.05) is 0 Å². The number of nitrogens with one attached hydrogen (secondary N) is 1. The molecule has 0 aliphatic carbocycles. The van der Waals surface area contributed by atoms with Gasteiger partial charge in [-0.2, -0.15) is 0 Å². The number of unbranched alkanes of at least 4 members (excludes halogenated alkanes) is 2. The number of aromatic amines is 1. The topological polar surface area (TPSA) is 28.7 Å². The van der Waals surface area contributed by atoms with E-state index in [4.69, 9.17) is 4.98 Å². The summed E-state index contributed by atoms with van der Waals surface area (Å²) in [7, 11) is 0. The van der Waals surface area contributed by atoms with Gasteiger partial charge in [-0.15, -0.1) is 0 Å². The second-order valence-electron chi connectivity index (χ2n) is 5.25. The Labute approximate surface area is 113 Å². The molecule has 2 heterocycles. The first-order valence-electron chi connectivity index (χ1n) is 7.16. The van der Waals surface area contributed by atoms with Gasteiger partial charge in [-0.1, -0.05) is 38.0 Å². The van der Waals surface area contributed by atoms with Gasteiger partial charge in [0.05, 0.1) is 11.2 Å². The highest BCUT2D eigenvalue weighted by Crippen LogP contribution is 2.27. The molecule has 1 N–H and O–H groups in total. The molecule has 0 aliphatic rings. The highest BCUT2D eigenvalue weighted by atomic mass is 14.8. The van der Waals surface area contributed by atoms with Crippen LogP contribution in [-0.4, -0.2) is 9.97 Å². The molecular weight excluding hydrogens is 232 g/mol.